The van der Waals surface area contributed by atoms with Gasteiger partial charge in [0, 0.05) is 41.6 Å². The molecule has 4 aromatic rings. The first-order valence-corrected chi connectivity index (χ1v) is 12.3. The lowest BCUT2D eigenvalue weighted by Gasteiger charge is -2.30. The summed E-state index contributed by atoms with van der Waals surface area (Å²) in [5, 5.41) is 12.7. The molecule has 9 heteroatoms. The molecule has 0 saturated carbocycles. The SMILES string of the molecule is Cc1nn(C(C)C)c2cc(-c3noc(C4CCN(C(=O)CNC(=O)c5ccccc5)CC4)n3)ccc12. The molecule has 2 aromatic carbocycles. The largest absolute Gasteiger partial charge is 0.343 e. The summed E-state index contributed by atoms with van der Waals surface area (Å²) in [5.74, 6) is 0.920. The minimum atomic E-state index is -0.248. The Hall–Kier alpha value is -4.01. The second-order valence-corrected chi connectivity index (χ2v) is 9.52. The molecule has 2 aromatic heterocycles. The molecule has 0 unspecified atom stereocenters. The van der Waals surface area contributed by atoms with E-state index in [-0.39, 0.29) is 30.3 Å². The fourth-order valence-electron chi connectivity index (χ4n) is 4.68. The quantitative estimate of drug-likeness (QED) is 0.440. The van der Waals surface area contributed by atoms with Crippen LogP contribution in [-0.2, 0) is 4.79 Å². The minimum Gasteiger partial charge on any atom is -0.343 e. The number of rotatable bonds is 6. The molecule has 1 fully saturated rings. The summed E-state index contributed by atoms with van der Waals surface area (Å²) < 4.78 is 7.65. The Bertz CT molecular complexity index is 1380. The van der Waals surface area contributed by atoms with Gasteiger partial charge in [0.15, 0.2) is 0 Å². The van der Waals surface area contributed by atoms with E-state index >= 15 is 0 Å². The van der Waals surface area contributed by atoms with E-state index in [0.717, 1.165) is 35.0 Å². The number of fused-ring (bicyclic) bond motifs is 1. The molecule has 3 heterocycles. The first kappa shape index (κ1) is 23.7. The van der Waals surface area contributed by atoms with Crippen LogP contribution in [0.4, 0.5) is 0 Å². The summed E-state index contributed by atoms with van der Waals surface area (Å²) in [6.07, 6.45) is 1.47. The Balaban J connectivity index is 1.20. The molecule has 186 valence electrons. The highest BCUT2D eigenvalue weighted by atomic mass is 16.5. The zero-order valence-electron chi connectivity index (χ0n) is 20.8. The van der Waals surface area contributed by atoms with Crippen molar-refractivity contribution in [2.24, 2.45) is 0 Å². The summed E-state index contributed by atoms with van der Waals surface area (Å²) in [4.78, 5) is 31.3. The lowest BCUT2D eigenvalue weighted by molar-refractivity contribution is -0.131. The van der Waals surface area contributed by atoms with Crippen molar-refractivity contribution in [1.29, 1.82) is 0 Å². The minimum absolute atomic E-state index is 0.0159. The van der Waals surface area contributed by atoms with Crippen LogP contribution >= 0.6 is 0 Å². The van der Waals surface area contributed by atoms with Gasteiger partial charge in [-0.15, -0.1) is 0 Å². The zero-order valence-corrected chi connectivity index (χ0v) is 20.8. The lowest BCUT2D eigenvalue weighted by Crippen LogP contribution is -2.43. The molecule has 0 atom stereocenters. The first-order chi connectivity index (χ1) is 17.4. The number of aryl methyl sites for hydroxylation is 1. The maximum Gasteiger partial charge on any atom is 0.251 e. The Morgan fingerprint density at radius 2 is 1.86 bits per heavy atom. The molecule has 0 spiro atoms. The van der Waals surface area contributed by atoms with Crippen molar-refractivity contribution < 1.29 is 14.1 Å². The van der Waals surface area contributed by atoms with Crippen molar-refractivity contribution in [3.63, 3.8) is 0 Å². The monoisotopic (exact) mass is 486 g/mol. The fraction of sp³-hybridized carbons (Fsp3) is 0.370. The summed E-state index contributed by atoms with van der Waals surface area (Å²) in [7, 11) is 0. The third-order valence-electron chi connectivity index (χ3n) is 6.71. The Morgan fingerprint density at radius 1 is 1.11 bits per heavy atom. The van der Waals surface area contributed by atoms with Crippen LogP contribution in [0, 0.1) is 6.92 Å². The van der Waals surface area contributed by atoms with E-state index in [4.69, 9.17) is 4.52 Å². The molecule has 1 N–H and O–H groups in total. The van der Waals surface area contributed by atoms with Crippen LogP contribution in [0.25, 0.3) is 22.3 Å². The number of carbonyl (C=O) groups excluding carboxylic acids is 2. The highest BCUT2D eigenvalue weighted by Gasteiger charge is 2.28. The molecule has 36 heavy (non-hydrogen) atoms. The number of nitrogens with zero attached hydrogens (tertiary/aromatic N) is 5. The van der Waals surface area contributed by atoms with Gasteiger partial charge in [0.05, 0.1) is 17.8 Å². The topological polar surface area (TPSA) is 106 Å². The van der Waals surface area contributed by atoms with E-state index in [2.05, 4.69) is 46.5 Å². The second-order valence-electron chi connectivity index (χ2n) is 9.52. The number of amides is 2. The highest BCUT2D eigenvalue weighted by molar-refractivity contribution is 5.96. The average molecular weight is 487 g/mol. The predicted molar refractivity (Wildman–Crippen MR) is 135 cm³/mol. The van der Waals surface area contributed by atoms with Crippen LogP contribution in [0.2, 0.25) is 0 Å². The summed E-state index contributed by atoms with van der Waals surface area (Å²) in [6.45, 7) is 7.39. The van der Waals surface area contributed by atoms with E-state index in [1.807, 2.05) is 23.7 Å². The Kier molecular flexibility index (Phi) is 6.54. The van der Waals surface area contributed by atoms with Crippen LogP contribution in [0.1, 0.15) is 60.6 Å². The molecule has 1 saturated heterocycles. The van der Waals surface area contributed by atoms with Crippen molar-refractivity contribution in [2.45, 2.75) is 45.6 Å². The second kappa shape index (κ2) is 9.93. The molecule has 9 nitrogen and oxygen atoms in total. The van der Waals surface area contributed by atoms with Gasteiger partial charge in [-0.1, -0.05) is 35.5 Å². The fourth-order valence-corrected chi connectivity index (χ4v) is 4.68. The zero-order chi connectivity index (χ0) is 25.2. The number of likely N-dealkylation sites (tertiary alicyclic amines) is 1. The van der Waals surface area contributed by atoms with E-state index in [9.17, 15) is 9.59 Å². The first-order valence-electron chi connectivity index (χ1n) is 12.3. The standard InChI is InChI=1S/C27H30N6O3/c1-17(2)33-23-15-21(9-10-22(23)18(3)30-33)25-29-27(36-31-25)20-11-13-32(14-12-20)24(34)16-28-26(35)19-7-5-4-6-8-19/h4-10,15,17,20H,11-14,16H2,1-3H3,(H,28,35). The predicted octanol–water partition coefficient (Wildman–Crippen LogP) is 4.11. The normalized spacial score (nSPS) is 14.5. The van der Waals surface area contributed by atoms with Crippen LogP contribution in [0.15, 0.2) is 53.1 Å². The Morgan fingerprint density at radius 3 is 2.58 bits per heavy atom. The summed E-state index contributed by atoms with van der Waals surface area (Å²) >= 11 is 0. The maximum atomic E-state index is 12.6. The van der Waals surface area contributed by atoms with Gasteiger partial charge >= 0.3 is 0 Å². The molecule has 0 aliphatic carbocycles. The number of hydrogen-bond acceptors (Lipinski definition) is 6. The molecular weight excluding hydrogens is 456 g/mol. The summed E-state index contributed by atoms with van der Waals surface area (Å²) in [5.41, 5.74) is 3.48. The van der Waals surface area contributed by atoms with Gasteiger partial charge in [0.25, 0.3) is 5.91 Å². The third kappa shape index (κ3) is 4.73. The lowest BCUT2D eigenvalue weighted by atomic mass is 9.96. The third-order valence-corrected chi connectivity index (χ3v) is 6.71. The molecule has 1 aliphatic heterocycles. The van der Waals surface area contributed by atoms with Crippen molar-refractivity contribution in [3.05, 3.63) is 65.7 Å². The Labute approximate surface area is 209 Å². The number of piperidine rings is 1. The van der Waals surface area contributed by atoms with Gasteiger partial charge in [0.2, 0.25) is 17.6 Å². The van der Waals surface area contributed by atoms with E-state index in [0.29, 0.717) is 30.4 Å². The highest BCUT2D eigenvalue weighted by Crippen LogP contribution is 2.30. The van der Waals surface area contributed by atoms with Crippen LogP contribution in [-0.4, -0.2) is 56.3 Å². The van der Waals surface area contributed by atoms with Gasteiger partial charge in [-0.05, 0) is 51.8 Å². The molecule has 0 radical (unpaired) electrons. The number of aromatic nitrogens is 4. The van der Waals surface area contributed by atoms with Gasteiger partial charge in [-0.25, -0.2) is 0 Å². The summed E-state index contributed by atoms with van der Waals surface area (Å²) in [6, 6.07) is 15.3. The van der Waals surface area contributed by atoms with Crippen molar-refractivity contribution in [3.8, 4) is 11.4 Å². The number of nitrogens with one attached hydrogen (secondary N) is 1. The molecular formula is C27H30N6O3. The van der Waals surface area contributed by atoms with Gasteiger partial charge in [-0.2, -0.15) is 10.1 Å². The smallest absolute Gasteiger partial charge is 0.251 e. The van der Waals surface area contributed by atoms with Crippen LogP contribution < -0.4 is 5.32 Å². The average Bonchev–Trinajstić information content (AvgIpc) is 3.53. The number of benzene rings is 2. The van der Waals surface area contributed by atoms with Crippen molar-refractivity contribution in [1.82, 2.24) is 30.1 Å². The van der Waals surface area contributed by atoms with Crippen LogP contribution in [0.5, 0.6) is 0 Å². The van der Waals surface area contributed by atoms with E-state index in [1.54, 1.807) is 29.2 Å². The van der Waals surface area contributed by atoms with E-state index < -0.39 is 0 Å². The molecule has 0 bridgehead atoms. The number of hydrogen-bond donors (Lipinski definition) is 1. The molecule has 1 aliphatic rings. The molecule has 5 rings (SSSR count). The molecule has 2 amide bonds. The van der Waals surface area contributed by atoms with Gasteiger partial charge in [0.1, 0.15) is 0 Å². The van der Waals surface area contributed by atoms with E-state index in [1.165, 1.54) is 0 Å². The van der Waals surface area contributed by atoms with Crippen molar-refractivity contribution in [2.75, 3.05) is 19.6 Å². The number of carbonyl (C=O) groups is 2. The van der Waals surface area contributed by atoms with Gasteiger partial charge in [-0.3, -0.25) is 14.3 Å². The maximum absolute atomic E-state index is 12.6. The van der Waals surface area contributed by atoms with Crippen molar-refractivity contribution >= 4 is 22.7 Å². The van der Waals surface area contributed by atoms with Gasteiger partial charge < -0.3 is 14.7 Å². The van der Waals surface area contributed by atoms with Crippen LogP contribution in [0.3, 0.4) is 0 Å².